The van der Waals surface area contributed by atoms with Gasteiger partial charge in [0.25, 0.3) is 11.5 Å². The maximum absolute atomic E-state index is 11.8. The minimum Gasteiger partial charge on any atom is -0.351 e. The topological polar surface area (TPSA) is 51.1 Å². The summed E-state index contributed by atoms with van der Waals surface area (Å²) in [6.07, 6.45) is 0. The summed E-state index contributed by atoms with van der Waals surface area (Å²) >= 11 is 7.30. The fraction of sp³-hybridized carbons (Fsp3) is 0.400. The molecule has 0 saturated heterocycles. The Bertz CT molecular complexity index is 471. The Morgan fingerprint density at radius 1 is 1.62 bits per heavy atom. The van der Waals surface area contributed by atoms with Crippen LogP contribution in [-0.4, -0.2) is 22.8 Å². The number of halogens is 1. The van der Waals surface area contributed by atoms with Gasteiger partial charge in [0.1, 0.15) is 5.56 Å². The summed E-state index contributed by atoms with van der Waals surface area (Å²) in [5.41, 5.74) is 0.634. The molecule has 1 aromatic heterocycles. The van der Waals surface area contributed by atoms with E-state index in [0.29, 0.717) is 12.3 Å². The fourth-order valence-corrected chi connectivity index (χ4v) is 1.82. The number of thiol groups is 1. The van der Waals surface area contributed by atoms with E-state index in [0.717, 1.165) is 10.2 Å². The number of carbonyl (C=O) groups excluding carboxylic acids is 1. The normalized spacial score (nSPS) is 10.2. The van der Waals surface area contributed by atoms with Crippen molar-refractivity contribution in [2.24, 2.45) is 7.05 Å². The Morgan fingerprint density at radius 2 is 2.25 bits per heavy atom. The first kappa shape index (κ1) is 13.3. The Kier molecular flexibility index (Phi) is 4.61. The first-order valence-corrected chi connectivity index (χ1v) is 6.16. The summed E-state index contributed by atoms with van der Waals surface area (Å²) in [6, 6.07) is 1.55. The number of aromatic nitrogens is 1. The number of nitrogens with zero attached hydrogens (tertiary/aromatic N) is 1. The maximum Gasteiger partial charge on any atom is 0.263 e. The fourth-order valence-electron chi connectivity index (χ4n) is 1.21. The summed E-state index contributed by atoms with van der Waals surface area (Å²) in [5, 5.41) is 2.61. The van der Waals surface area contributed by atoms with E-state index < -0.39 is 0 Å². The molecule has 16 heavy (non-hydrogen) atoms. The van der Waals surface area contributed by atoms with Crippen molar-refractivity contribution in [3.8, 4) is 0 Å². The minimum atomic E-state index is -0.365. The molecule has 6 heteroatoms. The molecule has 1 heterocycles. The number of rotatable bonds is 3. The highest BCUT2D eigenvalue weighted by Gasteiger charge is 2.14. The van der Waals surface area contributed by atoms with Crippen molar-refractivity contribution in [1.82, 2.24) is 9.88 Å². The van der Waals surface area contributed by atoms with Gasteiger partial charge in [-0.05, 0) is 28.9 Å². The zero-order chi connectivity index (χ0) is 12.3. The van der Waals surface area contributed by atoms with Crippen LogP contribution < -0.4 is 10.9 Å². The van der Waals surface area contributed by atoms with E-state index in [1.165, 1.54) is 4.57 Å². The van der Waals surface area contributed by atoms with Crippen molar-refractivity contribution < 1.29 is 4.79 Å². The zero-order valence-electron chi connectivity index (χ0n) is 9.08. The number of hydrogen-bond donors (Lipinski definition) is 2. The first-order valence-electron chi connectivity index (χ1n) is 4.74. The predicted octanol–water partition coefficient (Wildman–Crippen LogP) is 1.12. The third kappa shape index (κ3) is 2.68. The predicted molar refractivity (Wildman–Crippen MR) is 70.3 cm³/mol. The molecule has 1 N–H and O–H groups in total. The van der Waals surface area contributed by atoms with Gasteiger partial charge in [0.05, 0.1) is 0 Å². The zero-order valence-corrected chi connectivity index (χ0v) is 11.6. The quantitative estimate of drug-likeness (QED) is 0.822. The molecule has 0 atom stereocenters. The minimum absolute atomic E-state index is 0.141. The second-order valence-electron chi connectivity index (χ2n) is 3.34. The van der Waals surface area contributed by atoms with Crippen LogP contribution in [0.1, 0.15) is 16.1 Å². The molecular formula is C10H13BrN2O2S. The van der Waals surface area contributed by atoms with Gasteiger partial charge >= 0.3 is 0 Å². The van der Waals surface area contributed by atoms with E-state index in [1.807, 2.05) is 0 Å². The van der Waals surface area contributed by atoms with E-state index in [1.54, 1.807) is 20.0 Å². The van der Waals surface area contributed by atoms with E-state index in [9.17, 15) is 9.59 Å². The lowest BCUT2D eigenvalue weighted by molar-refractivity contribution is 0.0954. The van der Waals surface area contributed by atoms with E-state index in [2.05, 4.69) is 33.9 Å². The van der Waals surface area contributed by atoms with Gasteiger partial charge in [-0.1, -0.05) is 0 Å². The molecule has 0 aliphatic rings. The van der Waals surface area contributed by atoms with Crippen LogP contribution in [0.15, 0.2) is 15.3 Å². The Morgan fingerprint density at radius 3 is 2.81 bits per heavy atom. The highest BCUT2D eigenvalue weighted by atomic mass is 79.9. The third-order valence-corrected chi connectivity index (χ3v) is 3.32. The van der Waals surface area contributed by atoms with Crippen LogP contribution in [0.2, 0.25) is 0 Å². The van der Waals surface area contributed by atoms with E-state index >= 15 is 0 Å². The molecule has 0 unspecified atom stereocenters. The van der Waals surface area contributed by atoms with Gasteiger partial charge in [-0.25, -0.2) is 0 Å². The molecule has 0 aromatic carbocycles. The average Bonchev–Trinajstić information content (AvgIpc) is 2.28. The average molecular weight is 305 g/mol. The number of hydrogen-bond acceptors (Lipinski definition) is 3. The third-order valence-electron chi connectivity index (χ3n) is 2.30. The van der Waals surface area contributed by atoms with E-state index in [-0.39, 0.29) is 17.0 Å². The van der Waals surface area contributed by atoms with Gasteiger partial charge in [-0.3, -0.25) is 9.59 Å². The monoisotopic (exact) mass is 304 g/mol. The number of pyridine rings is 1. The second-order valence-corrected chi connectivity index (χ2v) is 4.64. The Balaban J connectivity index is 3.16. The first-order chi connectivity index (χ1) is 7.49. The Hall–Kier alpha value is -0.750. The largest absolute Gasteiger partial charge is 0.351 e. The van der Waals surface area contributed by atoms with Crippen molar-refractivity contribution in [1.29, 1.82) is 0 Å². The van der Waals surface area contributed by atoms with Gasteiger partial charge in [0.15, 0.2) is 0 Å². The molecule has 0 radical (unpaired) electrons. The van der Waals surface area contributed by atoms with Crippen molar-refractivity contribution in [3.05, 3.63) is 32.2 Å². The molecule has 1 aromatic rings. The molecular weight excluding hydrogens is 292 g/mol. The molecule has 0 saturated carbocycles. The molecule has 0 aliphatic heterocycles. The van der Waals surface area contributed by atoms with Crippen LogP contribution >= 0.6 is 28.6 Å². The maximum atomic E-state index is 11.8. The van der Waals surface area contributed by atoms with Crippen LogP contribution in [0.5, 0.6) is 0 Å². The smallest absolute Gasteiger partial charge is 0.263 e. The molecule has 1 rings (SSSR count). The summed E-state index contributed by atoms with van der Waals surface area (Å²) in [4.78, 5) is 23.5. The lowest BCUT2D eigenvalue weighted by atomic mass is 10.2. The lowest BCUT2D eigenvalue weighted by Gasteiger charge is -2.09. The number of carbonyl (C=O) groups is 1. The van der Waals surface area contributed by atoms with Crippen molar-refractivity contribution in [3.63, 3.8) is 0 Å². The molecule has 1 amide bonds. The van der Waals surface area contributed by atoms with Gasteiger partial charge in [-0.2, -0.15) is 12.6 Å². The highest BCUT2D eigenvalue weighted by molar-refractivity contribution is 9.10. The molecule has 4 nitrogen and oxygen atoms in total. The van der Waals surface area contributed by atoms with E-state index in [4.69, 9.17) is 0 Å². The van der Waals surface area contributed by atoms with Gasteiger partial charge in [0, 0.05) is 29.5 Å². The van der Waals surface area contributed by atoms with Crippen LogP contribution in [0.4, 0.5) is 0 Å². The summed E-state index contributed by atoms with van der Waals surface area (Å²) in [7, 11) is 1.64. The molecule has 0 bridgehead atoms. The summed E-state index contributed by atoms with van der Waals surface area (Å²) < 4.78 is 2.19. The van der Waals surface area contributed by atoms with Crippen molar-refractivity contribution in [2.75, 3.05) is 12.3 Å². The summed E-state index contributed by atoms with van der Waals surface area (Å²) in [5.74, 6) is 0.175. The van der Waals surface area contributed by atoms with Gasteiger partial charge in [0.2, 0.25) is 0 Å². The van der Waals surface area contributed by atoms with Crippen molar-refractivity contribution >= 4 is 34.5 Å². The van der Waals surface area contributed by atoms with Crippen LogP contribution in [0.3, 0.4) is 0 Å². The lowest BCUT2D eigenvalue weighted by Crippen LogP contribution is -2.33. The highest BCUT2D eigenvalue weighted by Crippen LogP contribution is 2.14. The SMILES string of the molecule is Cc1c(Br)cc(C(=O)NCCS)c(=O)n1C. The molecule has 88 valence electrons. The van der Waals surface area contributed by atoms with Crippen LogP contribution in [-0.2, 0) is 7.05 Å². The standard InChI is InChI=1S/C10H13BrN2O2S/c1-6-8(11)5-7(10(15)13(6)2)9(14)12-3-4-16/h5,16H,3-4H2,1-2H3,(H,12,14). The number of amides is 1. The molecule has 0 fully saturated rings. The second kappa shape index (κ2) is 5.54. The molecule has 0 aliphatic carbocycles. The number of nitrogens with one attached hydrogen (secondary N) is 1. The molecule has 0 spiro atoms. The van der Waals surface area contributed by atoms with Gasteiger partial charge < -0.3 is 9.88 Å². The van der Waals surface area contributed by atoms with Crippen LogP contribution in [0.25, 0.3) is 0 Å². The van der Waals surface area contributed by atoms with Crippen molar-refractivity contribution in [2.45, 2.75) is 6.92 Å². The van der Waals surface area contributed by atoms with Gasteiger partial charge in [-0.15, -0.1) is 0 Å². The summed E-state index contributed by atoms with van der Waals surface area (Å²) in [6.45, 7) is 2.25. The Labute approximate surface area is 108 Å². The van der Waals surface area contributed by atoms with Crippen LogP contribution in [0, 0.1) is 6.92 Å².